The molecule has 2 saturated heterocycles. The molecule has 3 atom stereocenters. The smallest absolute Gasteiger partial charge is 0.421 e. The Balaban J connectivity index is 1.45. The third-order valence-electron chi connectivity index (χ3n) is 8.80. The zero-order valence-corrected chi connectivity index (χ0v) is 24.8. The normalized spacial score (nSPS) is 25.2. The Kier molecular flexibility index (Phi) is 10.1. The van der Waals surface area contributed by atoms with Gasteiger partial charge in [-0.15, -0.1) is 0 Å². The molecule has 9 nitrogen and oxygen atoms in total. The molecule has 2 aromatic rings. The van der Waals surface area contributed by atoms with E-state index in [-0.39, 0.29) is 49.6 Å². The summed E-state index contributed by atoms with van der Waals surface area (Å²) in [6.45, 7) is 0.371. The van der Waals surface area contributed by atoms with Gasteiger partial charge in [0.25, 0.3) is 5.91 Å². The molecule has 5 rings (SSSR count). The molecule has 0 radical (unpaired) electrons. The summed E-state index contributed by atoms with van der Waals surface area (Å²) in [5, 5.41) is 7.76. The Hall–Kier alpha value is -3.82. The number of urea groups is 1. The van der Waals surface area contributed by atoms with Crippen molar-refractivity contribution in [2.45, 2.75) is 62.7 Å². The number of carbonyl (C=O) groups is 2. The van der Waals surface area contributed by atoms with E-state index in [0.29, 0.717) is 24.5 Å². The molecule has 3 amide bonds. The molecular formula is C30H34F7N5O4. The lowest BCUT2D eigenvalue weighted by Crippen LogP contribution is -2.51. The van der Waals surface area contributed by atoms with Gasteiger partial charge in [-0.2, -0.15) is 13.2 Å². The van der Waals surface area contributed by atoms with Crippen molar-refractivity contribution in [3.63, 3.8) is 0 Å². The Morgan fingerprint density at radius 2 is 1.80 bits per heavy atom. The number of amides is 3. The van der Waals surface area contributed by atoms with E-state index in [9.17, 15) is 31.5 Å². The summed E-state index contributed by atoms with van der Waals surface area (Å²) in [6, 6.07) is -0.304. The number of rotatable bonds is 9. The van der Waals surface area contributed by atoms with E-state index < -0.39 is 83.6 Å². The summed E-state index contributed by atoms with van der Waals surface area (Å²) in [5.74, 6) is -6.62. The maximum atomic E-state index is 15.3. The number of nitrogens with one attached hydrogen (secondary N) is 3. The second-order valence-electron chi connectivity index (χ2n) is 11.8. The maximum absolute atomic E-state index is 15.3. The van der Waals surface area contributed by atoms with E-state index in [4.69, 9.17) is 9.47 Å². The standard InChI is InChI=1S/C30H34F7N5O4/c1-45-18-10-20(31)23(21(32)11-18)19-13-42(28(43)25(19)41-29(44)40-17-4-2-16(3-5-17)26(33)34)27-24(30(35,36)37)22(6-8-38-27)39-12-15-7-9-46-14-15/h6,8,10-11,15-17,19,25-26H,2-5,7,9,12-14H2,1H3,(H,38,39)(H2,40,41,44)/t15?,16-,17-,19-,25-/m0/s1. The van der Waals surface area contributed by atoms with Gasteiger partial charge in [-0.3, -0.25) is 9.69 Å². The summed E-state index contributed by atoms with van der Waals surface area (Å²) in [6.07, 6.45) is -4.95. The van der Waals surface area contributed by atoms with Crippen molar-refractivity contribution < 1.29 is 49.8 Å². The molecule has 46 heavy (non-hydrogen) atoms. The van der Waals surface area contributed by atoms with Gasteiger partial charge < -0.3 is 25.4 Å². The first kappa shape index (κ1) is 33.5. The average molecular weight is 662 g/mol. The third kappa shape index (κ3) is 7.26. The van der Waals surface area contributed by atoms with Crippen molar-refractivity contribution in [1.82, 2.24) is 15.6 Å². The number of nitrogens with zero attached hydrogens (tertiary/aromatic N) is 2. The molecule has 1 aromatic heterocycles. The first-order valence-corrected chi connectivity index (χ1v) is 14.9. The lowest BCUT2D eigenvalue weighted by atomic mass is 9.86. The quantitative estimate of drug-likeness (QED) is 0.309. The van der Waals surface area contributed by atoms with Crippen LogP contribution in [0.25, 0.3) is 0 Å². The second kappa shape index (κ2) is 13.9. The molecule has 1 aromatic carbocycles. The monoisotopic (exact) mass is 661 g/mol. The molecule has 3 aliphatic rings. The van der Waals surface area contributed by atoms with E-state index in [1.54, 1.807) is 0 Å². The SMILES string of the molecule is COc1cc(F)c([C@@H]2CN(c3nccc(NCC4CCOC4)c3C(F)(F)F)C(=O)[C@H]2NC(=O)N[C@H]2CC[C@H](C(F)F)CC2)c(F)c1. The number of ether oxygens (including phenoxy) is 2. The van der Waals surface area contributed by atoms with Crippen LogP contribution in [0.3, 0.4) is 0 Å². The van der Waals surface area contributed by atoms with E-state index in [1.165, 1.54) is 7.11 Å². The number of carbonyl (C=O) groups excluding carboxylic acids is 2. The van der Waals surface area contributed by atoms with Gasteiger partial charge in [-0.05, 0) is 38.2 Å². The first-order valence-electron chi connectivity index (χ1n) is 14.9. The van der Waals surface area contributed by atoms with Crippen LogP contribution in [0, 0.1) is 23.5 Å². The second-order valence-corrected chi connectivity index (χ2v) is 11.8. The summed E-state index contributed by atoms with van der Waals surface area (Å²) in [4.78, 5) is 31.4. The van der Waals surface area contributed by atoms with Crippen LogP contribution in [0.2, 0.25) is 0 Å². The molecule has 3 fully saturated rings. The van der Waals surface area contributed by atoms with Crippen molar-refractivity contribution >= 4 is 23.4 Å². The van der Waals surface area contributed by atoms with Crippen LogP contribution >= 0.6 is 0 Å². The van der Waals surface area contributed by atoms with Gasteiger partial charge in [-0.25, -0.2) is 27.3 Å². The van der Waals surface area contributed by atoms with Gasteiger partial charge in [0.05, 0.1) is 19.4 Å². The molecule has 1 saturated carbocycles. The number of pyridine rings is 1. The Morgan fingerprint density at radius 3 is 2.39 bits per heavy atom. The fourth-order valence-electron chi connectivity index (χ4n) is 6.34. The van der Waals surface area contributed by atoms with Crippen molar-refractivity contribution in [1.29, 1.82) is 0 Å². The van der Waals surface area contributed by atoms with Crippen molar-refractivity contribution in [3.05, 3.63) is 47.2 Å². The van der Waals surface area contributed by atoms with Crippen LogP contribution in [0.5, 0.6) is 5.75 Å². The summed E-state index contributed by atoms with van der Waals surface area (Å²) < 4.78 is 111. The van der Waals surface area contributed by atoms with Gasteiger partial charge in [0.1, 0.15) is 34.8 Å². The lowest BCUT2D eigenvalue weighted by Gasteiger charge is -2.29. The minimum Gasteiger partial charge on any atom is -0.497 e. The van der Waals surface area contributed by atoms with E-state index in [1.807, 2.05) is 0 Å². The summed E-state index contributed by atoms with van der Waals surface area (Å²) in [5.41, 5.74) is -2.23. The number of alkyl halides is 5. The number of hydrogen-bond acceptors (Lipinski definition) is 6. The number of methoxy groups -OCH3 is 1. The molecule has 1 unspecified atom stereocenters. The van der Waals surface area contributed by atoms with Crippen LogP contribution in [0.15, 0.2) is 24.4 Å². The highest BCUT2D eigenvalue weighted by molar-refractivity contribution is 6.03. The van der Waals surface area contributed by atoms with Gasteiger partial charge in [0.15, 0.2) is 0 Å². The summed E-state index contributed by atoms with van der Waals surface area (Å²) in [7, 11) is 1.18. The molecule has 3 heterocycles. The van der Waals surface area contributed by atoms with Crippen molar-refractivity contribution in [2.24, 2.45) is 11.8 Å². The Morgan fingerprint density at radius 1 is 1.11 bits per heavy atom. The summed E-state index contributed by atoms with van der Waals surface area (Å²) >= 11 is 0. The zero-order valence-electron chi connectivity index (χ0n) is 24.8. The first-order chi connectivity index (χ1) is 21.9. The van der Waals surface area contributed by atoms with Crippen LogP contribution in [-0.4, -0.2) is 68.8 Å². The molecule has 16 heteroatoms. The highest BCUT2D eigenvalue weighted by Crippen LogP contribution is 2.44. The fraction of sp³-hybridized carbons (Fsp3) is 0.567. The minimum absolute atomic E-state index is 0.0333. The average Bonchev–Trinajstić information content (AvgIpc) is 3.63. The molecule has 0 bridgehead atoms. The minimum atomic E-state index is -5.00. The zero-order chi connectivity index (χ0) is 33.2. The topological polar surface area (TPSA) is 105 Å². The predicted molar refractivity (Wildman–Crippen MR) is 152 cm³/mol. The highest BCUT2D eigenvalue weighted by Gasteiger charge is 2.49. The number of benzene rings is 1. The number of aromatic nitrogens is 1. The number of halogens is 7. The van der Waals surface area contributed by atoms with Gasteiger partial charge in [0, 0.05) is 67.4 Å². The highest BCUT2D eigenvalue weighted by atomic mass is 19.4. The molecule has 1 aliphatic carbocycles. The molecule has 0 spiro atoms. The third-order valence-corrected chi connectivity index (χ3v) is 8.80. The number of hydrogen-bond donors (Lipinski definition) is 3. The molecule has 252 valence electrons. The van der Waals surface area contributed by atoms with E-state index in [0.717, 1.165) is 24.4 Å². The predicted octanol–water partition coefficient (Wildman–Crippen LogP) is 5.46. The Bertz CT molecular complexity index is 1390. The van der Waals surface area contributed by atoms with E-state index >= 15 is 8.78 Å². The number of anilines is 2. The molecule has 3 N–H and O–H groups in total. The lowest BCUT2D eigenvalue weighted by molar-refractivity contribution is -0.136. The van der Waals surface area contributed by atoms with Crippen molar-refractivity contribution in [3.8, 4) is 5.75 Å². The van der Waals surface area contributed by atoms with Gasteiger partial charge >= 0.3 is 12.2 Å². The van der Waals surface area contributed by atoms with Crippen LogP contribution in [0.1, 0.15) is 49.1 Å². The van der Waals surface area contributed by atoms with Crippen LogP contribution in [-0.2, 0) is 15.7 Å². The van der Waals surface area contributed by atoms with Crippen LogP contribution < -0.4 is 25.6 Å². The Labute approximate surface area is 260 Å². The maximum Gasteiger partial charge on any atom is 0.421 e. The van der Waals surface area contributed by atoms with Gasteiger partial charge in [-0.1, -0.05) is 0 Å². The largest absolute Gasteiger partial charge is 0.497 e. The van der Waals surface area contributed by atoms with Gasteiger partial charge in [0.2, 0.25) is 6.43 Å². The fourth-order valence-corrected chi connectivity index (χ4v) is 6.34. The van der Waals surface area contributed by atoms with Crippen LogP contribution in [0.4, 0.5) is 47.0 Å². The molecule has 2 aliphatic heterocycles. The van der Waals surface area contributed by atoms with Crippen molar-refractivity contribution in [2.75, 3.05) is 43.6 Å². The van der Waals surface area contributed by atoms with E-state index in [2.05, 4.69) is 20.9 Å². The molecular weight excluding hydrogens is 627 g/mol.